The van der Waals surface area contributed by atoms with Gasteiger partial charge < -0.3 is 5.73 Å². The van der Waals surface area contributed by atoms with Crippen LogP contribution in [-0.4, -0.2) is 33.8 Å². The highest BCUT2D eigenvalue weighted by Gasteiger charge is 2.50. The first-order chi connectivity index (χ1) is 13.6. The Morgan fingerprint density at radius 1 is 1.11 bits per heavy atom. The summed E-state index contributed by atoms with van der Waals surface area (Å²) in [6.07, 6.45) is 4.92. The fourth-order valence-electron chi connectivity index (χ4n) is 3.36. The first-order valence-corrected chi connectivity index (χ1v) is 8.72. The van der Waals surface area contributed by atoms with E-state index < -0.39 is 12.2 Å². The maximum absolute atomic E-state index is 13.3. The molecule has 0 radical (unpaired) electrons. The van der Waals surface area contributed by atoms with Crippen molar-refractivity contribution in [2.75, 3.05) is 7.05 Å². The van der Waals surface area contributed by atoms with Gasteiger partial charge in [0.1, 0.15) is 6.67 Å². The second-order valence-corrected chi connectivity index (χ2v) is 6.55. The summed E-state index contributed by atoms with van der Waals surface area (Å²) in [4.78, 5) is 27.6. The minimum Gasteiger partial charge on any atom is -0.369 e. The fraction of sp³-hybridized carbons (Fsp3) is 0.143. The lowest BCUT2D eigenvalue weighted by atomic mass is 9.84. The van der Waals surface area contributed by atoms with Crippen LogP contribution < -0.4 is 5.73 Å². The molecule has 0 fully saturated rings. The Morgan fingerprint density at radius 2 is 1.93 bits per heavy atom. The van der Waals surface area contributed by atoms with Crippen molar-refractivity contribution in [3.05, 3.63) is 83.9 Å². The third-order valence-corrected chi connectivity index (χ3v) is 4.86. The first-order valence-electron chi connectivity index (χ1n) is 8.72. The number of rotatable bonds is 4. The molecule has 140 valence electrons. The molecule has 0 spiro atoms. The van der Waals surface area contributed by atoms with Crippen LogP contribution in [0.4, 0.5) is 4.39 Å². The van der Waals surface area contributed by atoms with E-state index in [0.29, 0.717) is 16.8 Å². The molecular weight excluding hydrogens is 357 g/mol. The van der Waals surface area contributed by atoms with Gasteiger partial charge in [0.15, 0.2) is 5.96 Å². The van der Waals surface area contributed by atoms with Crippen molar-refractivity contribution in [2.24, 2.45) is 10.7 Å². The molecule has 1 aliphatic rings. The molecule has 0 saturated carbocycles. The van der Waals surface area contributed by atoms with E-state index in [9.17, 15) is 9.18 Å². The van der Waals surface area contributed by atoms with Gasteiger partial charge in [-0.1, -0.05) is 24.3 Å². The zero-order valence-electron chi connectivity index (χ0n) is 15.2. The van der Waals surface area contributed by atoms with Crippen LogP contribution in [0.3, 0.4) is 0 Å². The number of benzene rings is 1. The Labute approximate surface area is 161 Å². The van der Waals surface area contributed by atoms with Crippen molar-refractivity contribution >= 4 is 11.9 Å². The Balaban J connectivity index is 1.95. The second kappa shape index (κ2) is 6.84. The van der Waals surface area contributed by atoms with E-state index in [1.54, 1.807) is 37.6 Å². The predicted molar refractivity (Wildman–Crippen MR) is 104 cm³/mol. The number of carbonyl (C=O) groups is 1. The molecule has 1 amide bonds. The number of aliphatic imine (C=N–C) groups is 1. The molecule has 3 heterocycles. The van der Waals surface area contributed by atoms with E-state index >= 15 is 0 Å². The van der Waals surface area contributed by atoms with Gasteiger partial charge in [0.2, 0.25) is 5.54 Å². The normalized spacial score (nSPS) is 19.0. The highest BCUT2D eigenvalue weighted by Crippen LogP contribution is 2.39. The molecule has 2 N–H and O–H groups in total. The molecule has 1 aliphatic heterocycles. The first kappa shape index (κ1) is 17.8. The number of halogens is 1. The van der Waals surface area contributed by atoms with E-state index in [1.165, 1.54) is 11.1 Å². The maximum atomic E-state index is 13.3. The molecule has 6 nitrogen and oxygen atoms in total. The number of alkyl halides is 1. The average molecular weight is 375 g/mol. The summed E-state index contributed by atoms with van der Waals surface area (Å²) in [5.74, 6) is -0.249. The van der Waals surface area contributed by atoms with Crippen LogP contribution in [-0.2, 0) is 17.0 Å². The summed E-state index contributed by atoms with van der Waals surface area (Å²) in [5, 5.41) is 0. The molecule has 3 aromatic rings. The molecular formula is C21H18FN5O. The van der Waals surface area contributed by atoms with Crippen molar-refractivity contribution < 1.29 is 9.18 Å². The van der Waals surface area contributed by atoms with Gasteiger partial charge in [-0.25, -0.2) is 9.38 Å². The zero-order valence-corrected chi connectivity index (χ0v) is 15.2. The van der Waals surface area contributed by atoms with Crippen LogP contribution in [0.15, 0.2) is 72.1 Å². The molecule has 0 bridgehead atoms. The lowest BCUT2D eigenvalue weighted by molar-refractivity contribution is -0.129. The standard InChI is InChI=1S/C21H18FN5O/c1-27-19(28)21(26-20(27)23,18-10-14(12-22)7-9-25-18)17-6-2-4-15(11-17)16-5-3-8-24-13-16/h2-11,13H,12H2,1H3,(H2,23,26). The third-order valence-electron chi connectivity index (χ3n) is 4.86. The highest BCUT2D eigenvalue weighted by atomic mass is 19.1. The number of guanidine groups is 1. The third kappa shape index (κ3) is 2.72. The van der Waals surface area contributed by atoms with Crippen LogP contribution >= 0.6 is 0 Å². The van der Waals surface area contributed by atoms with Gasteiger partial charge in [-0.2, -0.15) is 0 Å². The molecule has 0 saturated heterocycles. The van der Waals surface area contributed by atoms with E-state index in [4.69, 9.17) is 5.73 Å². The van der Waals surface area contributed by atoms with Crippen molar-refractivity contribution in [1.82, 2.24) is 14.9 Å². The van der Waals surface area contributed by atoms with Crippen LogP contribution in [0.1, 0.15) is 16.8 Å². The molecule has 0 aliphatic carbocycles. The number of amides is 1. The number of hydrogen-bond acceptors (Lipinski definition) is 5. The van der Waals surface area contributed by atoms with E-state index in [2.05, 4.69) is 15.0 Å². The van der Waals surface area contributed by atoms with Crippen molar-refractivity contribution in [1.29, 1.82) is 0 Å². The van der Waals surface area contributed by atoms with E-state index in [1.807, 2.05) is 30.3 Å². The summed E-state index contributed by atoms with van der Waals surface area (Å²) in [5.41, 5.74) is 7.67. The van der Waals surface area contributed by atoms with Crippen molar-refractivity contribution in [3.8, 4) is 11.1 Å². The van der Waals surface area contributed by atoms with E-state index in [-0.39, 0.29) is 11.9 Å². The summed E-state index contributed by atoms with van der Waals surface area (Å²) in [7, 11) is 1.56. The topological polar surface area (TPSA) is 84.5 Å². The van der Waals surface area contributed by atoms with Crippen molar-refractivity contribution in [3.63, 3.8) is 0 Å². The quantitative estimate of drug-likeness (QED) is 0.760. The number of nitrogens with two attached hydrogens (primary N) is 1. The van der Waals surface area contributed by atoms with E-state index in [0.717, 1.165) is 11.1 Å². The SMILES string of the molecule is CN1C(=O)C(c2cccc(-c3cccnc3)c2)(c2cc(CF)ccn2)N=C1N. The lowest BCUT2D eigenvalue weighted by Gasteiger charge is -2.25. The Bertz CT molecular complexity index is 1070. The lowest BCUT2D eigenvalue weighted by Crippen LogP contribution is -2.41. The Kier molecular flexibility index (Phi) is 4.35. The number of likely N-dealkylation sites (N-methyl/N-ethyl adjacent to an activating group) is 1. The number of carbonyl (C=O) groups excluding carboxylic acids is 1. The zero-order chi connectivity index (χ0) is 19.7. The van der Waals surface area contributed by atoms with Gasteiger partial charge in [-0.3, -0.25) is 19.7 Å². The summed E-state index contributed by atoms with van der Waals surface area (Å²) < 4.78 is 13.3. The second-order valence-electron chi connectivity index (χ2n) is 6.55. The van der Waals surface area contributed by atoms with Gasteiger partial charge in [-0.15, -0.1) is 0 Å². The Hall–Kier alpha value is -3.61. The van der Waals surface area contributed by atoms with Gasteiger partial charge in [-0.05, 0) is 46.5 Å². The van der Waals surface area contributed by atoms with Gasteiger partial charge in [0.25, 0.3) is 5.91 Å². The monoisotopic (exact) mass is 375 g/mol. The van der Waals surface area contributed by atoms with Gasteiger partial charge in [0.05, 0.1) is 5.69 Å². The van der Waals surface area contributed by atoms with Gasteiger partial charge >= 0.3 is 0 Å². The molecule has 7 heteroatoms. The van der Waals surface area contributed by atoms with Gasteiger partial charge in [0, 0.05) is 25.6 Å². The minimum atomic E-state index is -1.46. The fourth-order valence-corrected chi connectivity index (χ4v) is 3.36. The number of aromatic nitrogens is 2. The molecule has 1 atom stereocenters. The van der Waals surface area contributed by atoms with Crippen LogP contribution in [0.2, 0.25) is 0 Å². The molecule has 4 rings (SSSR count). The predicted octanol–water partition coefficient (Wildman–Crippen LogP) is 2.64. The molecule has 1 unspecified atom stereocenters. The molecule has 28 heavy (non-hydrogen) atoms. The summed E-state index contributed by atoms with van der Waals surface area (Å²) in [6.45, 7) is -0.662. The number of nitrogens with zero attached hydrogens (tertiary/aromatic N) is 4. The Morgan fingerprint density at radius 3 is 2.61 bits per heavy atom. The minimum absolute atomic E-state index is 0.0873. The van der Waals surface area contributed by atoms with Crippen molar-refractivity contribution in [2.45, 2.75) is 12.2 Å². The molecule has 2 aromatic heterocycles. The average Bonchev–Trinajstić information content (AvgIpc) is 2.99. The summed E-state index contributed by atoms with van der Waals surface area (Å²) >= 11 is 0. The molecule has 1 aromatic carbocycles. The summed E-state index contributed by atoms with van der Waals surface area (Å²) in [6, 6.07) is 14.3. The highest BCUT2D eigenvalue weighted by molar-refractivity contribution is 6.08. The maximum Gasteiger partial charge on any atom is 0.267 e. The smallest absolute Gasteiger partial charge is 0.267 e. The van der Waals surface area contributed by atoms with Crippen LogP contribution in [0.25, 0.3) is 11.1 Å². The number of pyridine rings is 2. The number of hydrogen-bond donors (Lipinski definition) is 1. The van der Waals surface area contributed by atoms with Crippen LogP contribution in [0.5, 0.6) is 0 Å². The largest absolute Gasteiger partial charge is 0.369 e. The van der Waals surface area contributed by atoms with Crippen LogP contribution in [0, 0.1) is 0 Å².